The average Bonchev–Trinajstić information content (AvgIpc) is 2.28. The van der Waals surface area contributed by atoms with E-state index in [-0.39, 0.29) is 11.4 Å². The molecule has 1 aromatic rings. The molecule has 0 atom stereocenters. The van der Waals surface area contributed by atoms with Gasteiger partial charge >= 0.3 is 5.97 Å². The van der Waals surface area contributed by atoms with Crippen LogP contribution in [0.4, 0.5) is 0 Å². The van der Waals surface area contributed by atoms with Gasteiger partial charge in [0.15, 0.2) is 0 Å². The van der Waals surface area contributed by atoms with Gasteiger partial charge in [0.2, 0.25) is 0 Å². The lowest BCUT2D eigenvalue weighted by Crippen LogP contribution is -2.22. The Hall–Kier alpha value is -1.35. The summed E-state index contributed by atoms with van der Waals surface area (Å²) in [5, 5.41) is 0. The van der Waals surface area contributed by atoms with Crippen molar-refractivity contribution in [1.82, 2.24) is 0 Å². The second kappa shape index (κ2) is 5.32. The van der Waals surface area contributed by atoms with E-state index < -0.39 is 0 Å². The summed E-state index contributed by atoms with van der Waals surface area (Å²) in [6, 6.07) is 5.85. The lowest BCUT2D eigenvalue weighted by Gasteiger charge is -2.25. The topological polar surface area (TPSA) is 52.3 Å². The van der Waals surface area contributed by atoms with Crippen LogP contribution in [0.5, 0.6) is 0 Å². The summed E-state index contributed by atoms with van der Waals surface area (Å²) in [4.78, 5) is 11.5. The van der Waals surface area contributed by atoms with Crippen molar-refractivity contribution < 1.29 is 9.53 Å². The SMILES string of the molecule is COC(=O)c1ccc(C(C)(C)CCN)cc1C. The first-order valence-corrected chi connectivity index (χ1v) is 5.82. The summed E-state index contributed by atoms with van der Waals surface area (Å²) in [5.41, 5.74) is 8.42. The van der Waals surface area contributed by atoms with Crippen LogP contribution < -0.4 is 5.73 Å². The van der Waals surface area contributed by atoms with Crippen molar-refractivity contribution in [2.45, 2.75) is 32.6 Å². The Balaban J connectivity index is 3.08. The Morgan fingerprint density at radius 2 is 2.06 bits per heavy atom. The summed E-state index contributed by atoms with van der Waals surface area (Å²) in [6.45, 7) is 6.90. The van der Waals surface area contributed by atoms with Crippen LogP contribution in [0.25, 0.3) is 0 Å². The zero-order valence-electron chi connectivity index (χ0n) is 11.0. The molecule has 0 aromatic heterocycles. The van der Waals surface area contributed by atoms with Crippen LogP contribution in [0.1, 0.15) is 41.8 Å². The summed E-state index contributed by atoms with van der Waals surface area (Å²) < 4.78 is 4.73. The van der Waals surface area contributed by atoms with Crippen LogP contribution in [0, 0.1) is 6.92 Å². The van der Waals surface area contributed by atoms with E-state index in [2.05, 4.69) is 13.8 Å². The number of hydrogen-bond acceptors (Lipinski definition) is 3. The second-order valence-corrected chi connectivity index (χ2v) is 4.94. The minimum atomic E-state index is -0.286. The predicted octanol–water partition coefficient (Wildman–Crippen LogP) is 2.41. The number of carbonyl (C=O) groups is 1. The fourth-order valence-electron chi connectivity index (χ4n) is 1.93. The van der Waals surface area contributed by atoms with Gasteiger partial charge in [0.25, 0.3) is 0 Å². The first-order valence-electron chi connectivity index (χ1n) is 5.82. The number of rotatable bonds is 4. The monoisotopic (exact) mass is 235 g/mol. The van der Waals surface area contributed by atoms with Crippen LogP contribution in [-0.2, 0) is 10.2 Å². The van der Waals surface area contributed by atoms with Crippen molar-refractivity contribution in [3.05, 3.63) is 34.9 Å². The largest absolute Gasteiger partial charge is 0.465 e. The minimum absolute atomic E-state index is 0.0359. The van der Waals surface area contributed by atoms with Gasteiger partial charge in [-0.05, 0) is 42.5 Å². The molecule has 0 saturated carbocycles. The number of carbonyl (C=O) groups excluding carboxylic acids is 1. The number of esters is 1. The normalized spacial score (nSPS) is 11.4. The Kier molecular flexibility index (Phi) is 4.29. The van der Waals surface area contributed by atoms with E-state index in [1.807, 2.05) is 25.1 Å². The number of methoxy groups -OCH3 is 1. The molecule has 1 rings (SSSR count). The van der Waals surface area contributed by atoms with E-state index >= 15 is 0 Å². The number of benzene rings is 1. The van der Waals surface area contributed by atoms with Crippen LogP contribution in [0.2, 0.25) is 0 Å². The maximum atomic E-state index is 11.5. The van der Waals surface area contributed by atoms with Crippen LogP contribution in [-0.4, -0.2) is 19.6 Å². The molecule has 17 heavy (non-hydrogen) atoms. The van der Waals surface area contributed by atoms with Gasteiger partial charge in [0, 0.05) is 0 Å². The van der Waals surface area contributed by atoms with Crippen molar-refractivity contribution in [3.63, 3.8) is 0 Å². The first-order chi connectivity index (χ1) is 7.92. The molecule has 0 aliphatic carbocycles. The molecule has 94 valence electrons. The second-order valence-electron chi connectivity index (χ2n) is 4.94. The molecule has 0 fully saturated rings. The van der Waals surface area contributed by atoms with Gasteiger partial charge in [-0.3, -0.25) is 0 Å². The zero-order chi connectivity index (χ0) is 13.1. The van der Waals surface area contributed by atoms with Crippen LogP contribution >= 0.6 is 0 Å². The molecule has 0 radical (unpaired) electrons. The molecule has 2 N–H and O–H groups in total. The van der Waals surface area contributed by atoms with Crippen molar-refractivity contribution in [2.24, 2.45) is 5.73 Å². The fraction of sp³-hybridized carbons (Fsp3) is 0.500. The molecule has 0 saturated heterocycles. The van der Waals surface area contributed by atoms with Crippen molar-refractivity contribution in [2.75, 3.05) is 13.7 Å². The van der Waals surface area contributed by atoms with Gasteiger partial charge in [-0.25, -0.2) is 4.79 Å². The molecular formula is C14H21NO2. The number of nitrogens with two attached hydrogens (primary N) is 1. The minimum Gasteiger partial charge on any atom is -0.465 e. The van der Waals surface area contributed by atoms with Gasteiger partial charge in [0.1, 0.15) is 0 Å². The molecule has 0 bridgehead atoms. The smallest absolute Gasteiger partial charge is 0.338 e. The van der Waals surface area contributed by atoms with Gasteiger partial charge in [-0.2, -0.15) is 0 Å². The molecule has 3 nitrogen and oxygen atoms in total. The van der Waals surface area contributed by atoms with E-state index in [0.29, 0.717) is 12.1 Å². The van der Waals surface area contributed by atoms with Gasteiger partial charge < -0.3 is 10.5 Å². The Morgan fingerprint density at radius 3 is 2.53 bits per heavy atom. The number of aryl methyl sites for hydroxylation is 1. The predicted molar refractivity (Wildman–Crippen MR) is 69.2 cm³/mol. The Labute approximate surface area is 103 Å². The van der Waals surface area contributed by atoms with E-state index in [1.54, 1.807) is 0 Å². The lowest BCUT2D eigenvalue weighted by molar-refractivity contribution is 0.0600. The van der Waals surface area contributed by atoms with Crippen molar-refractivity contribution in [3.8, 4) is 0 Å². The zero-order valence-corrected chi connectivity index (χ0v) is 11.0. The van der Waals surface area contributed by atoms with E-state index in [4.69, 9.17) is 10.5 Å². The van der Waals surface area contributed by atoms with E-state index in [9.17, 15) is 4.79 Å². The van der Waals surface area contributed by atoms with Gasteiger partial charge in [0.05, 0.1) is 12.7 Å². The maximum Gasteiger partial charge on any atom is 0.338 e. The fourth-order valence-corrected chi connectivity index (χ4v) is 1.93. The Morgan fingerprint density at radius 1 is 1.41 bits per heavy atom. The van der Waals surface area contributed by atoms with Crippen molar-refractivity contribution in [1.29, 1.82) is 0 Å². The highest BCUT2D eigenvalue weighted by Crippen LogP contribution is 2.28. The molecule has 0 aliphatic heterocycles. The van der Waals surface area contributed by atoms with Crippen LogP contribution in [0.15, 0.2) is 18.2 Å². The maximum absolute atomic E-state index is 11.5. The molecule has 0 spiro atoms. The highest BCUT2D eigenvalue weighted by molar-refractivity contribution is 5.91. The summed E-state index contributed by atoms with van der Waals surface area (Å²) in [5.74, 6) is -0.286. The number of hydrogen-bond donors (Lipinski definition) is 1. The molecule has 1 aromatic carbocycles. The average molecular weight is 235 g/mol. The van der Waals surface area contributed by atoms with Gasteiger partial charge in [-0.1, -0.05) is 26.0 Å². The molecule has 0 unspecified atom stereocenters. The van der Waals surface area contributed by atoms with E-state index in [0.717, 1.165) is 12.0 Å². The molecule has 0 heterocycles. The summed E-state index contributed by atoms with van der Waals surface area (Å²) >= 11 is 0. The summed E-state index contributed by atoms with van der Waals surface area (Å²) in [7, 11) is 1.40. The highest BCUT2D eigenvalue weighted by Gasteiger charge is 2.21. The third-order valence-electron chi connectivity index (χ3n) is 3.18. The highest BCUT2D eigenvalue weighted by atomic mass is 16.5. The lowest BCUT2D eigenvalue weighted by atomic mass is 9.80. The third kappa shape index (κ3) is 3.07. The number of ether oxygens (including phenoxy) is 1. The van der Waals surface area contributed by atoms with Crippen LogP contribution in [0.3, 0.4) is 0 Å². The summed E-state index contributed by atoms with van der Waals surface area (Å²) in [6.07, 6.45) is 0.921. The molecule has 0 amide bonds. The van der Waals surface area contributed by atoms with Gasteiger partial charge in [-0.15, -0.1) is 0 Å². The molecule has 0 aliphatic rings. The first kappa shape index (κ1) is 13.7. The standard InChI is InChI=1S/C14H21NO2/c1-10-9-11(14(2,3)7-8-15)5-6-12(10)13(16)17-4/h5-6,9H,7-8,15H2,1-4H3. The Bertz CT molecular complexity index is 411. The third-order valence-corrected chi connectivity index (χ3v) is 3.18. The van der Waals surface area contributed by atoms with Crippen molar-refractivity contribution >= 4 is 5.97 Å². The molecular weight excluding hydrogens is 214 g/mol. The quantitative estimate of drug-likeness (QED) is 0.815. The van der Waals surface area contributed by atoms with E-state index in [1.165, 1.54) is 12.7 Å². The molecule has 3 heteroatoms.